The first-order chi connectivity index (χ1) is 8.49. The van der Waals surface area contributed by atoms with E-state index in [1.54, 1.807) is 11.4 Å². The van der Waals surface area contributed by atoms with Crippen LogP contribution in [0.4, 0.5) is 0 Å². The van der Waals surface area contributed by atoms with Crippen molar-refractivity contribution >= 4 is 45.0 Å². The Kier molecular flexibility index (Phi) is 3.82. The van der Waals surface area contributed by atoms with Crippen molar-refractivity contribution in [3.8, 4) is 0 Å². The molecule has 0 aromatic carbocycles. The first-order valence-corrected chi connectivity index (χ1v) is 7.01. The number of piperidine rings is 1. The van der Waals surface area contributed by atoms with Crippen molar-refractivity contribution in [2.75, 3.05) is 7.05 Å². The van der Waals surface area contributed by atoms with Crippen molar-refractivity contribution < 1.29 is 14.4 Å². The molecule has 1 aromatic rings. The molecule has 2 heterocycles. The third-order valence-electron chi connectivity index (χ3n) is 2.78. The molecule has 1 unspecified atom stereocenters. The van der Waals surface area contributed by atoms with Gasteiger partial charge in [0.1, 0.15) is 6.04 Å². The molecular weight excluding hydrogens is 320 g/mol. The Morgan fingerprint density at radius 3 is 2.89 bits per heavy atom. The Balaban J connectivity index is 2.04. The molecule has 0 bridgehead atoms. The maximum Gasteiger partial charge on any atom is 0.252 e. The number of hydrogen-bond acceptors (Lipinski definition) is 4. The topological polar surface area (TPSA) is 66.5 Å². The Labute approximate surface area is 116 Å². The highest BCUT2D eigenvalue weighted by atomic mass is 79.9. The van der Waals surface area contributed by atoms with E-state index in [0.29, 0.717) is 12.0 Å². The number of hydrogen-bond donors (Lipinski definition) is 1. The van der Waals surface area contributed by atoms with Gasteiger partial charge in [-0.05, 0) is 28.4 Å². The number of thiophene rings is 1. The normalized spacial score (nSPS) is 20.1. The number of likely N-dealkylation sites (N-methyl/N-ethyl adjacent to an activating group) is 1. The number of rotatable bonds is 2. The Bertz CT molecular complexity index is 514. The molecule has 1 fully saturated rings. The van der Waals surface area contributed by atoms with Gasteiger partial charge in [-0.15, -0.1) is 11.3 Å². The fraction of sp³-hybridized carbons (Fsp3) is 0.364. The van der Waals surface area contributed by atoms with Gasteiger partial charge < -0.3 is 5.32 Å². The van der Waals surface area contributed by atoms with Crippen molar-refractivity contribution in [2.45, 2.75) is 18.9 Å². The summed E-state index contributed by atoms with van der Waals surface area (Å²) in [4.78, 5) is 36.0. The highest BCUT2D eigenvalue weighted by molar-refractivity contribution is 9.11. The van der Waals surface area contributed by atoms with Crippen molar-refractivity contribution in [3.05, 3.63) is 20.8 Å². The van der Waals surface area contributed by atoms with Gasteiger partial charge in [-0.25, -0.2) is 0 Å². The van der Waals surface area contributed by atoms with Crippen LogP contribution in [0.5, 0.6) is 0 Å². The van der Waals surface area contributed by atoms with E-state index >= 15 is 0 Å². The highest BCUT2D eigenvalue weighted by Crippen LogP contribution is 2.21. The molecule has 0 radical (unpaired) electrons. The Morgan fingerprint density at radius 2 is 2.28 bits per heavy atom. The fourth-order valence-electron chi connectivity index (χ4n) is 1.72. The lowest BCUT2D eigenvalue weighted by Crippen LogP contribution is -2.52. The van der Waals surface area contributed by atoms with Gasteiger partial charge in [-0.3, -0.25) is 19.3 Å². The summed E-state index contributed by atoms with van der Waals surface area (Å²) >= 11 is 4.68. The highest BCUT2D eigenvalue weighted by Gasteiger charge is 2.32. The third-order valence-corrected chi connectivity index (χ3v) is 4.29. The summed E-state index contributed by atoms with van der Waals surface area (Å²) in [7, 11) is 1.43. The Morgan fingerprint density at radius 1 is 1.56 bits per heavy atom. The number of nitrogens with one attached hydrogen (secondary N) is 1. The molecule has 1 aromatic heterocycles. The van der Waals surface area contributed by atoms with Crippen LogP contribution in [0.3, 0.4) is 0 Å². The lowest BCUT2D eigenvalue weighted by molar-refractivity contribution is -0.147. The molecule has 0 aliphatic carbocycles. The predicted molar refractivity (Wildman–Crippen MR) is 70.3 cm³/mol. The van der Waals surface area contributed by atoms with Crippen molar-refractivity contribution in [2.24, 2.45) is 0 Å². The number of nitrogens with zero attached hydrogens (tertiary/aromatic N) is 1. The molecule has 0 spiro atoms. The number of amides is 3. The molecule has 2 rings (SSSR count). The van der Waals surface area contributed by atoms with E-state index in [1.165, 1.54) is 18.4 Å². The van der Waals surface area contributed by atoms with E-state index in [4.69, 9.17) is 0 Å². The lowest BCUT2D eigenvalue weighted by atomic mass is 10.0. The quantitative estimate of drug-likeness (QED) is 0.833. The average Bonchev–Trinajstić information content (AvgIpc) is 2.77. The van der Waals surface area contributed by atoms with Crippen LogP contribution >= 0.6 is 27.3 Å². The minimum atomic E-state index is -0.612. The maximum absolute atomic E-state index is 11.9. The van der Waals surface area contributed by atoms with Gasteiger partial charge >= 0.3 is 0 Å². The summed E-state index contributed by atoms with van der Waals surface area (Å²) in [6, 6.07) is 1.08. The molecule has 5 nitrogen and oxygen atoms in total. The second-order valence-electron chi connectivity index (χ2n) is 4.00. The van der Waals surface area contributed by atoms with E-state index in [0.717, 1.165) is 8.69 Å². The minimum Gasteiger partial charge on any atom is -0.340 e. The summed E-state index contributed by atoms with van der Waals surface area (Å²) < 4.78 is 0.856. The zero-order valence-corrected chi connectivity index (χ0v) is 12.0. The number of halogens is 1. The molecule has 96 valence electrons. The molecule has 0 saturated carbocycles. The fourth-order valence-corrected chi connectivity index (χ4v) is 2.86. The molecule has 1 aliphatic rings. The zero-order valence-electron chi connectivity index (χ0n) is 9.60. The first kappa shape index (κ1) is 13.2. The van der Waals surface area contributed by atoms with Gasteiger partial charge in [0.05, 0.1) is 9.35 Å². The maximum atomic E-state index is 11.9. The summed E-state index contributed by atoms with van der Waals surface area (Å²) in [5, 5.41) is 4.36. The summed E-state index contributed by atoms with van der Waals surface area (Å²) in [5.41, 5.74) is 0.513. The van der Waals surface area contributed by atoms with Gasteiger partial charge in [0, 0.05) is 18.8 Å². The van der Waals surface area contributed by atoms with Crippen LogP contribution in [-0.2, 0) is 9.59 Å². The first-order valence-electron chi connectivity index (χ1n) is 5.34. The van der Waals surface area contributed by atoms with E-state index in [-0.39, 0.29) is 24.1 Å². The number of likely N-dealkylation sites (tertiary alicyclic amines) is 1. The van der Waals surface area contributed by atoms with Crippen LogP contribution in [0, 0.1) is 0 Å². The smallest absolute Gasteiger partial charge is 0.252 e. The number of imide groups is 1. The van der Waals surface area contributed by atoms with E-state index in [9.17, 15) is 14.4 Å². The molecule has 1 saturated heterocycles. The van der Waals surface area contributed by atoms with Crippen molar-refractivity contribution in [1.82, 2.24) is 10.2 Å². The molecule has 3 amide bonds. The minimum absolute atomic E-state index is 0.205. The van der Waals surface area contributed by atoms with Gasteiger partial charge in [0.2, 0.25) is 5.91 Å². The standard InChI is InChI=1S/C11H11BrN2O3S/c1-14-9(15)3-2-7(11(14)17)13-10(16)6-4-8(12)18-5-6/h4-5,7H,2-3H2,1H3,(H,13,16). The van der Waals surface area contributed by atoms with E-state index in [2.05, 4.69) is 21.2 Å². The molecular formula is C11H11BrN2O3S. The number of carbonyl (C=O) groups is 3. The van der Waals surface area contributed by atoms with E-state index < -0.39 is 6.04 Å². The molecule has 18 heavy (non-hydrogen) atoms. The summed E-state index contributed by atoms with van der Waals surface area (Å²) in [5.74, 6) is -0.851. The van der Waals surface area contributed by atoms with Crippen molar-refractivity contribution in [1.29, 1.82) is 0 Å². The van der Waals surface area contributed by atoms with Crippen LogP contribution in [0.1, 0.15) is 23.2 Å². The number of carbonyl (C=O) groups excluding carboxylic acids is 3. The van der Waals surface area contributed by atoms with Gasteiger partial charge in [0.15, 0.2) is 0 Å². The lowest BCUT2D eigenvalue weighted by Gasteiger charge is -2.28. The van der Waals surface area contributed by atoms with Gasteiger partial charge in [0.25, 0.3) is 11.8 Å². The largest absolute Gasteiger partial charge is 0.340 e. The molecule has 1 aliphatic heterocycles. The average molecular weight is 331 g/mol. The van der Waals surface area contributed by atoms with Crippen LogP contribution in [-0.4, -0.2) is 35.7 Å². The Hall–Kier alpha value is -1.21. The van der Waals surface area contributed by atoms with Gasteiger partial charge in [-0.2, -0.15) is 0 Å². The second kappa shape index (κ2) is 5.19. The summed E-state index contributed by atoms with van der Waals surface area (Å²) in [6.45, 7) is 0. The third kappa shape index (κ3) is 2.62. The van der Waals surface area contributed by atoms with Crippen molar-refractivity contribution in [3.63, 3.8) is 0 Å². The predicted octanol–water partition coefficient (Wildman–Crippen LogP) is 1.39. The molecule has 1 N–H and O–H groups in total. The monoisotopic (exact) mass is 330 g/mol. The molecule has 1 atom stereocenters. The van der Waals surface area contributed by atoms with Crippen LogP contribution in [0.25, 0.3) is 0 Å². The molecule has 7 heteroatoms. The summed E-state index contributed by atoms with van der Waals surface area (Å²) in [6.07, 6.45) is 0.638. The van der Waals surface area contributed by atoms with Crippen LogP contribution in [0.15, 0.2) is 15.2 Å². The SMILES string of the molecule is CN1C(=O)CCC(NC(=O)c2csc(Br)c2)C1=O. The van der Waals surface area contributed by atoms with Gasteiger partial charge in [-0.1, -0.05) is 0 Å². The zero-order chi connectivity index (χ0) is 13.3. The van der Waals surface area contributed by atoms with E-state index in [1.807, 2.05) is 0 Å². The second-order valence-corrected chi connectivity index (χ2v) is 6.29. The van der Waals surface area contributed by atoms with Crippen LogP contribution in [0.2, 0.25) is 0 Å². The van der Waals surface area contributed by atoms with Crippen LogP contribution < -0.4 is 5.32 Å².